The highest BCUT2D eigenvalue weighted by Crippen LogP contribution is 2.30. The van der Waals surface area contributed by atoms with Crippen molar-refractivity contribution in [3.63, 3.8) is 0 Å². The number of carboxylic acid groups (broad SMARTS) is 1. The van der Waals surface area contributed by atoms with Crippen LogP contribution in [0.2, 0.25) is 0 Å². The number of nitrogens with one attached hydrogen (secondary N) is 1. The Kier molecular flexibility index (Phi) is 3.42. The van der Waals surface area contributed by atoms with E-state index in [1.807, 2.05) is 0 Å². The molecule has 2 N–H and O–H groups in total. The lowest BCUT2D eigenvalue weighted by molar-refractivity contribution is -0.146. The monoisotopic (exact) mass is 263 g/mol. The Balaban J connectivity index is 2.17. The normalized spacial score (nSPS) is 22.3. The van der Waals surface area contributed by atoms with Crippen LogP contribution in [0.3, 0.4) is 0 Å². The van der Waals surface area contributed by atoms with Crippen LogP contribution in [0, 0.1) is 6.92 Å². The molecule has 1 aliphatic heterocycles. The van der Waals surface area contributed by atoms with Crippen LogP contribution in [0.25, 0.3) is 0 Å². The number of carbonyl (C=O) groups excluding carboxylic acids is 1. The van der Waals surface area contributed by atoms with Crippen molar-refractivity contribution >= 4 is 17.7 Å². The average molecular weight is 263 g/mol. The summed E-state index contributed by atoms with van der Waals surface area (Å²) in [5.74, 6) is -0.969. The number of urea groups is 1. The molecule has 1 aliphatic rings. The van der Waals surface area contributed by atoms with Crippen LogP contribution in [0.15, 0.2) is 18.3 Å². The van der Waals surface area contributed by atoms with E-state index in [-0.39, 0.29) is 0 Å². The zero-order valence-corrected chi connectivity index (χ0v) is 11.0. The smallest absolute Gasteiger partial charge is 0.329 e. The number of carboxylic acids is 1. The van der Waals surface area contributed by atoms with Gasteiger partial charge in [0.1, 0.15) is 5.54 Å². The van der Waals surface area contributed by atoms with Crippen LogP contribution < -0.4 is 5.32 Å². The van der Waals surface area contributed by atoms with Gasteiger partial charge in [-0.3, -0.25) is 4.98 Å². The first kappa shape index (κ1) is 13.3. The van der Waals surface area contributed by atoms with Crippen molar-refractivity contribution in [1.29, 1.82) is 0 Å². The van der Waals surface area contributed by atoms with E-state index in [4.69, 9.17) is 0 Å². The van der Waals surface area contributed by atoms with Gasteiger partial charge in [0.25, 0.3) is 0 Å². The molecule has 1 saturated heterocycles. The maximum atomic E-state index is 12.2. The number of amides is 2. The zero-order chi connectivity index (χ0) is 14.0. The molecule has 2 heterocycles. The van der Waals surface area contributed by atoms with Gasteiger partial charge in [-0.2, -0.15) is 0 Å². The maximum absolute atomic E-state index is 12.2. The van der Waals surface area contributed by atoms with Crippen LogP contribution in [-0.2, 0) is 4.79 Å². The minimum Gasteiger partial charge on any atom is -0.480 e. The van der Waals surface area contributed by atoms with Crippen LogP contribution in [0.5, 0.6) is 0 Å². The van der Waals surface area contributed by atoms with E-state index in [0.29, 0.717) is 30.8 Å². The topological polar surface area (TPSA) is 82.5 Å². The maximum Gasteiger partial charge on any atom is 0.329 e. The molecule has 1 aromatic rings. The van der Waals surface area contributed by atoms with E-state index in [1.54, 1.807) is 32.2 Å². The summed E-state index contributed by atoms with van der Waals surface area (Å²) in [7, 11) is 0. The first-order valence-electron chi connectivity index (χ1n) is 6.19. The fourth-order valence-corrected chi connectivity index (χ4v) is 2.31. The third kappa shape index (κ3) is 2.38. The summed E-state index contributed by atoms with van der Waals surface area (Å²) in [6, 6.07) is 3.08. The average Bonchev–Trinajstić information content (AvgIpc) is 2.76. The van der Waals surface area contributed by atoms with E-state index in [2.05, 4.69) is 10.3 Å². The molecular weight excluding hydrogens is 246 g/mol. The Morgan fingerprint density at radius 1 is 1.53 bits per heavy atom. The predicted molar refractivity (Wildman–Crippen MR) is 70.0 cm³/mol. The summed E-state index contributed by atoms with van der Waals surface area (Å²) in [6.45, 7) is 3.82. The van der Waals surface area contributed by atoms with E-state index in [9.17, 15) is 14.7 Å². The molecule has 102 valence electrons. The van der Waals surface area contributed by atoms with Crippen LogP contribution in [-0.4, -0.2) is 39.1 Å². The summed E-state index contributed by atoms with van der Waals surface area (Å²) in [5, 5.41) is 12.0. The van der Waals surface area contributed by atoms with E-state index < -0.39 is 17.5 Å². The number of aryl methyl sites for hydroxylation is 1. The van der Waals surface area contributed by atoms with Crippen molar-refractivity contribution < 1.29 is 14.7 Å². The number of aliphatic carboxylic acids is 1. The van der Waals surface area contributed by atoms with Gasteiger partial charge in [0.2, 0.25) is 0 Å². The van der Waals surface area contributed by atoms with Crippen molar-refractivity contribution in [2.75, 3.05) is 11.9 Å². The summed E-state index contributed by atoms with van der Waals surface area (Å²) < 4.78 is 0. The molecule has 2 amide bonds. The number of carbonyl (C=O) groups is 2. The summed E-state index contributed by atoms with van der Waals surface area (Å²) in [5.41, 5.74) is 0.180. The standard InChI is InChI=1S/C13H17N3O3/c1-9-10(5-3-7-14-9)15-12(19)16-8-4-6-13(16,2)11(17)18/h3,5,7H,4,6,8H2,1-2H3,(H,15,19)(H,17,18). The van der Waals surface area contributed by atoms with E-state index in [1.165, 1.54) is 4.90 Å². The van der Waals surface area contributed by atoms with Crippen LogP contribution in [0.1, 0.15) is 25.5 Å². The lowest BCUT2D eigenvalue weighted by atomic mass is 10.00. The fourth-order valence-electron chi connectivity index (χ4n) is 2.31. The Labute approximate surface area is 111 Å². The number of hydrogen-bond donors (Lipinski definition) is 2. The minimum absolute atomic E-state index is 0.390. The number of anilines is 1. The van der Waals surface area contributed by atoms with Crippen molar-refractivity contribution in [2.24, 2.45) is 0 Å². The van der Waals surface area contributed by atoms with Crippen LogP contribution in [0.4, 0.5) is 10.5 Å². The van der Waals surface area contributed by atoms with Crippen molar-refractivity contribution in [3.8, 4) is 0 Å². The third-order valence-electron chi connectivity index (χ3n) is 3.60. The second kappa shape index (κ2) is 4.87. The van der Waals surface area contributed by atoms with E-state index in [0.717, 1.165) is 0 Å². The number of rotatable bonds is 2. The van der Waals surface area contributed by atoms with Gasteiger partial charge in [0, 0.05) is 12.7 Å². The largest absolute Gasteiger partial charge is 0.480 e. The molecule has 1 aromatic heterocycles. The van der Waals surface area contributed by atoms with Gasteiger partial charge in [-0.25, -0.2) is 9.59 Å². The number of nitrogens with zero attached hydrogens (tertiary/aromatic N) is 2. The Morgan fingerprint density at radius 2 is 2.26 bits per heavy atom. The lowest BCUT2D eigenvalue weighted by Crippen LogP contribution is -2.52. The number of likely N-dealkylation sites (tertiary alicyclic amines) is 1. The number of pyridine rings is 1. The highest BCUT2D eigenvalue weighted by molar-refractivity contribution is 5.94. The second-order valence-electron chi connectivity index (χ2n) is 4.90. The Hall–Kier alpha value is -2.11. The molecule has 1 atom stereocenters. The van der Waals surface area contributed by atoms with Crippen molar-refractivity contribution in [1.82, 2.24) is 9.88 Å². The summed E-state index contributed by atoms with van der Waals surface area (Å²) in [6.07, 6.45) is 2.81. The molecule has 6 nitrogen and oxygen atoms in total. The first-order chi connectivity index (χ1) is 8.95. The minimum atomic E-state index is -1.12. The second-order valence-corrected chi connectivity index (χ2v) is 4.90. The molecule has 19 heavy (non-hydrogen) atoms. The van der Waals surface area contributed by atoms with Crippen LogP contribution >= 0.6 is 0 Å². The van der Waals surface area contributed by atoms with Crippen molar-refractivity contribution in [3.05, 3.63) is 24.0 Å². The molecule has 1 fully saturated rings. The fraction of sp³-hybridized carbons (Fsp3) is 0.462. The number of aromatic nitrogens is 1. The molecule has 0 saturated carbocycles. The molecule has 6 heteroatoms. The Morgan fingerprint density at radius 3 is 2.89 bits per heavy atom. The SMILES string of the molecule is Cc1ncccc1NC(=O)N1CCCC1(C)C(=O)O. The summed E-state index contributed by atoms with van der Waals surface area (Å²) >= 11 is 0. The molecule has 0 bridgehead atoms. The van der Waals surface area contributed by atoms with Gasteiger partial charge in [-0.15, -0.1) is 0 Å². The molecular formula is C13H17N3O3. The molecule has 2 rings (SSSR count). The van der Waals surface area contributed by atoms with Gasteiger partial charge < -0.3 is 15.3 Å². The lowest BCUT2D eigenvalue weighted by Gasteiger charge is -2.31. The predicted octanol–water partition coefficient (Wildman–Crippen LogP) is 1.86. The van der Waals surface area contributed by atoms with Gasteiger partial charge in [-0.1, -0.05) is 0 Å². The molecule has 0 aromatic carbocycles. The molecule has 1 unspecified atom stereocenters. The summed E-state index contributed by atoms with van der Waals surface area (Å²) in [4.78, 5) is 29.0. The highest BCUT2D eigenvalue weighted by Gasteiger charge is 2.46. The molecule has 0 aliphatic carbocycles. The van der Waals surface area contributed by atoms with Gasteiger partial charge in [0.15, 0.2) is 0 Å². The zero-order valence-electron chi connectivity index (χ0n) is 11.0. The third-order valence-corrected chi connectivity index (χ3v) is 3.60. The molecule has 0 radical (unpaired) electrons. The van der Waals surface area contributed by atoms with Gasteiger partial charge in [0.05, 0.1) is 11.4 Å². The van der Waals surface area contributed by atoms with Gasteiger partial charge >= 0.3 is 12.0 Å². The number of hydrogen-bond acceptors (Lipinski definition) is 3. The highest BCUT2D eigenvalue weighted by atomic mass is 16.4. The Bertz CT molecular complexity index is 518. The molecule has 0 spiro atoms. The van der Waals surface area contributed by atoms with Gasteiger partial charge in [-0.05, 0) is 38.8 Å². The first-order valence-corrected chi connectivity index (χ1v) is 6.19. The quantitative estimate of drug-likeness (QED) is 0.853. The van der Waals surface area contributed by atoms with E-state index >= 15 is 0 Å². The van der Waals surface area contributed by atoms with Crippen molar-refractivity contribution in [2.45, 2.75) is 32.2 Å².